The van der Waals surface area contributed by atoms with Gasteiger partial charge in [0, 0.05) is 32.6 Å². The van der Waals surface area contributed by atoms with Gasteiger partial charge in [0.15, 0.2) is 11.5 Å². The van der Waals surface area contributed by atoms with E-state index in [1.807, 2.05) is 17.0 Å². The van der Waals surface area contributed by atoms with Crippen LogP contribution in [0.5, 0.6) is 17.2 Å². The number of aryl methyl sites for hydroxylation is 1. The monoisotopic (exact) mass is 370 g/mol. The summed E-state index contributed by atoms with van der Waals surface area (Å²) in [6.45, 7) is 3.88. The molecule has 1 N–H and O–H groups in total. The molecule has 1 aromatic rings. The van der Waals surface area contributed by atoms with Crippen molar-refractivity contribution in [3.05, 3.63) is 17.7 Å². The Bertz CT molecular complexity index is 574. The molecule has 2 saturated heterocycles. The zero-order valence-electron chi connectivity index (χ0n) is 15.0. The maximum absolute atomic E-state index is 12.5. The van der Waals surface area contributed by atoms with E-state index in [0.717, 1.165) is 31.7 Å². The second kappa shape index (κ2) is 8.63. The maximum atomic E-state index is 12.5. The first-order valence-electron chi connectivity index (χ1n) is 8.43. The Balaban J connectivity index is 0.00000225. The largest absolute Gasteiger partial charge is 0.493 e. The standard InChI is InChI=1S/C18H26N2O4.ClH/c1-22-15-6-12(7-16(23-2)18(15)24-3)4-5-17(21)20-10-13-8-19-9-14(13)11-20;/h6-7,13-14,19H,4-5,8-11H2,1-3H3;1H/t13-,14+;. The number of fused-ring (bicyclic) bond motifs is 1. The summed E-state index contributed by atoms with van der Waals surface area (Å²) in [6.07, 6.45) is 1.17. The highest BCUT2D eigenvalue weighted by molar-refractivity contribution is 5.85. The van der Waals surface area contributed by atoms with Crippen LogP contribution in [-0.4, -0.2) is 58.3 Å². The second-order valence-electron chi connectivity index (χ2n) is 6.51. The Hall–Kier alpha value is -1.66. The molecule has 0 spiro atoms. The van der Waals surface area contributed by atoms with E-state index in [1.165, 1.54) is 0 Å². The van der Waals surface area contributed by atoms with Crippen molar-refractivity contribution in [2.45, 2.75) is 12.8 Å². The molecule has 1 aromatic carbocycles. The van der Waals surface area contributed by atoms with E-state index >= 15 is 0 Å². The van der Waals surface area contributed by atoms with Gasteiger partial charge in [-0.2, -0.15) is 0 Å². The molecule has 7 heteroatoms. The maximum Gasteiger partial charge on any atom is 0.222 e. The molecule has 6 nitrogen and oxygen atoms in total. The predicted octanol–water partition coefficient (Wildman–Crippen LogP) is 1.74. The average Bonchev–Trinajstić information content (AvgIpc) is 3.20. The van der Waals surface area contributed by atoms with E-state index in [4.69, 9.17) is 14.2 Å². The van der Waals surface area contributed by atoms with Crippen molar-refractivity contribution in [1.82, 2.24) is 10.2 Å². The zero-order valence-corrected chi connectivity index (χ0v) is 15.9. The van der Waals surface area contributed by atoms with Gasteiger partial charge in [-0.3, -0.25) is 4.79 Å². The highest BCUT2D eigenvalue weighted by Gasteiger charge is 2.37. The highest BCUT2D eigenvalue weighted by atomic mass is 35.5. The molecule has 3 rings (SSSR count). The number of nitrogens with zero attached hydrogens (tertiary/aromatic N) is 1. The van der Waals surface area contributed by atoms with E-state index in [-0.39, 0.29) is 18.3 Å². The van der Waals surface area contributed by atoms with Crippen molar-refractivity contribution in [3.63, 3.8) is 0 Å². The topological polar surface area (TPSA) is 60.0 Å². The summed E-state index contributed by atoms with van der Waals surface area (Å²) in [5.41, 5.74) is 1.01. The van der Waals surface area contributed by atoms with Gasteiger partial charge in [-0.15, -0.1) is 12.4 Å². The Morgan fingerprint density at radius 1 is 1.08 bits per heavy atom. The molecule has 2 atom stereocenters. The number of rotatable bonds is 6. The minimum absolute atomic E-state index is 0. The van der Waals surface area contributed by atoms with E-state index in [0.29, 0.717) is 41.9 Å². The van der Waals surface area contributed by atoms with Gasteiger partial charge in [0.2, 0.25) is 11.7 Å². The van der Waals surface area contributed by atoms with Crippen molar-refractivity contribution >= 4 is 18.3 Å². The van der Waals surface area contributed by atoms with Crippen molar-refractivity contribution in [2.75, 3.05) is 47.5 Å². The molecule has 1 amide bonds. The molecule has 2 aliphatic rings. The fraction of sp³-hybridized carbons (Fsp3) is 0.611. The number of ether oxygens (including phenoxy) is 3. The predicted molar refractivity (Wildman–Crippen MR) is 98.1 cm³/mol. The Morgan fingerprint density at radius 3 is 2.12 bits per heavy atom. The SMILES string of the molecule is COc1cc(CCC(=O)N2C[C@H]3CNC[C@H]3C2)cc(OC)c1OC.Cl. The smallest absolute Gasteiger partial charge is 0.222 e. The molecular formula is C18H27ClN2O4. The second-order valence-corrected chi connectivity index (χ2v) is 6.51. The van der Waals surface area contributed by atoms with E-state index < -0.39 is 0 Å². The van der Waals surface area contributed by atoms with Crippen molar-refractivity contribution < 1.29 is 19.0 Å². The van der Waals surface area contributed by atoms with Gasteiger partial charge < -0.3 is 24.4 Å². The number of hydrogen-bond donors (Lipinski definition) is 1. The number of carbonyl (C=O) groups is 1. The summed E-state index contributed by atoms with van der Waals surface area (Å²) < 4.78 is 16.1. The third kappa shape index (κ3) is 4.12. The number of hydrogen-bond acceptors (Lipinski definition) is 5. The lowest BCUT2D eigenvalue weighted by Crippen LogP contribution is -2.31. The lowest BCUT2D eigenvalue weighted by molar-refractivity contribution is -0.130. The molecule has 0 aromatic heterocycles. The third-order valence-corrected chi connectivity index (χ3v) is 5.09. The summed E-state index contributed by atoms with van der Waals surface area (Å²) in [6, 6.07) is 3.83. The first-order valence-corrected chi connectivity index (χ1v) is 8.43. The van der Waals surface area contributed by atoms with Crippen molar-refractivity contribution in [3.8, 4) is 17.2 Å². The summed E-state index contributed by atoms with van der Waals surface area (Å²) in [7, 11) is 4.79. The summed E-state index contributed by atoms with van der Waals surface area (Å²) in [5, 5.41) is 3.40. The van der Waals surface area contributed by atoms with Crippen LogP contribution >= 0.6 is 12.4 Å². The van der Waals surface area contributed by atoms with Gasteiger partial charge >= 0.3 is 0 Å². The molecule has 0 radical (unpaired) electrons. The van der Waals surface area contributed by atoms with Crippen LogP contribution in [0.15, 0.2) is 12.1 Å². The normalized spacial score (nSPS) is 21.5. The molecule has 0 unspecified atom stereocenters. The minimum Gasteiger partial charge on any atom is -0.493 e. The fourth-order valence-electron chi connectivity index (χ4n) is 3.75. The number of nitrogens with one attached hydrogen (secondary N) is 1. The van der Waals surface area contributed by atoms with Crippen LogP contribution in [0.1, 0.15) is 12.0 Å². The first-order chi connectivity index (χ1) is 11.7. The van der Waals surface area contributed by atoms with Crippen molar-refractivity contribution in [2.24, 2.45) is 11.8 Å². The van der Waals surface area contributed by atoms with Gasteiger partial charge in [-0.05, 0) is 36.0 Å². The van der Waals surface area contributed by atoms with E-state index in [9.17, 15) is 4.79 Å². The van der Waals surface area contributed by atoms with Gasteiger partial charge in [-0.25, -0.2) is 0 Å². The van der Waals surface area contributed by atoms with E-state index in [2.05, 4.69) is 5.32 Å². The van der Waals surface area contributed by atoms with E-state index in [1.54, 1.807) is 21.3 Å². The molecule has 0 saturated carbocycles. The quantitative estimate of drug-likeness (QED) is 0.826. The first kappa shape index (κ1) is 19.7. The molecular weight excluding hydrogens is 344 g/mol. The molecule has 0 aliphatic carbocycles. The minimum atomic E-state index is 0. The summed E-state index contributed by atoms with van der Waals surface area (Å²) >= 11 is 0. The molecule has 25 heavy (non-hydrogen) atoms. The highest BCUT2D eigenvalue weighted by Crippen LogP contribution is 2.38. The number of carbonyl (C=O) groups excluding carboxylic acids is 1. The molecule has 2 fully saturated rings. The lowest BCUT2D eigenvalue weighted by atomic mass is 10.0. The summed E-state index contributed by atoms with van der Waals surface area (Å²) in [5.74, 6) is 3.33. The number of halogens is 1. The van der Waals surface area contributed by atoms with Gasteiger partial charge in [0.1, 0.15) is 0 Å². The molecule has 2 aliphatic heterocycles. The van der Waals surface area contributed by atoms with Crippen LogP contribution in [0, 0.1) is 11.8 Å². The van der Waals surface area contributed by atoms with Crippen LogP contribution < -0.4 is 19.5 Å². The Morgan fingerprint density at radius 2 is 1.64 bits per heavy atom. The molecule has 140 valence electrons. The Labute approximate surface area is 155 Å². The average molecular weight is 371 g/mol. The number of likely N-dealkylation sites (tertiary alicyclic amines) is 1. The third-order valence-electron chi connectivity index (χ3n) is 5.09. The Kier molecular flexibility index (Phi) is 6.79. The number of amides is 1. The number of benzene rings is 1. The van der Waals surface area contributed by atoms with Gasteiger partial charge in [-0.1, -0.05) is 0 Å². The van der Waals surface area contributed by atoms with Crippen LogP contribution in [0.25, 0.3) is 0 Å². The molecule has 2 heterocycles. The van der Waals surface area contributed by atoms with Crippen LogP contribution in [-0.2, 0) is 11.2 Å². The number of methoxy groups -OCH3 is 3. The van der Waals surface area contributed by atoms with Gasteiger partial charge in [0.05, 0.1) is 21.3 Å². The van der Waals surface area contributed by atoms with Crippen LogP contribution in [0.4, 0.5) is 0 Å². The summed E-state index contributed by atoms with van der Waals surface area (Å²) in [4.78, 5) is 14.5. The fourth-order valence-corrected chi connectivity index (χ4v) is 3.75. The van der Waals surface area contributed by atoms with Crippen LogP contribution in [0.2, 0.25) is 0 Å². The van der Waals surface area contributed by atoms with Crippen molar-refractivity contribution in [1.29, 1.82) is 0 Å². The van der Waals surface area contributed by atoms with Gasteiger partial charge in [0.25, 0.3) is 0 Å². The van der Waals surface area contributed by atoms with Crippen LogP contribution in [0.3, 0.4) is 0 Å². The lowest BCUT2D eigenvalue weighted by Gasteiger charge is -2.18. The zero-order chi connectivity index (χ0) is 17.1. The molecule has 0 bridgehead atoms.